The van der Waals surface area contributed by atoms with Crippen LogP contribution in [0.4, 0.5) is 5.82 Å². The van der Waals surface area contributed by atoms with Gasteiger partial charge in [0, 0.05) is 6.20 Å². The number of aryl methyl sites for hydroxylation is 1. The number of carbonyl (C=O) groups excluding carboxylic acids is 1. The number of hydrogen-bond acceptors (Lipinski definition) is 3. The first-order valence-corrected chi connectivity index (χ1v) is 7.78. The predicted molar refractivity (Wildman–Crippen MR) is 82.7 cm³/mol. The molecule has 2 aromatic rings. The Morgan fingerprint density at radius 2 is 1.95 bits per heavy atom. The van der Waals surface area contributed by atoms with Gasteiger partial charge in [-0.3, -0.25) is 9.69 Å². The molecule has 0 saturated carbocycles. The lowest BCUT2D eigenvalue weighted by Gasteiger charge is -2.22. The molecule has 1 aromatic heterocycles. The number of thioether (sulfide) groups is 1. The van der Waals surface area contributed by atoms with Gasteiger partial charge in [-0.1, -0.05) is 36.4 Å². The number of benzene rings is 1. The molecule has 1 aromatic carbocycles. The van der Waals surface area contributed by atoms with Gasteiger partial charge in [-0.2, -0.15) is 0 Å². The molecule has 1 amide bonds. The highest BCUT2D eigenvalue weighted by atomic mass is 32.2. The van der Waals surface area contributed by atoms with E-state index in [1.807, 2.05) is 29.2 Å². The van der Waals surface area contributed by atoms with Gasteiger partial charge in [0.05, 0.1) is 11.1 Å². The van der Waals surface area contributed by atoms with Crippen LogP contribution in [0.2, 0.25) is 0 Å². The normalized spacial score (nSPS) is 18.5. The number of carbonyl (C=O) groups is 1. The Hall–Kier alpha value is -1.81. The quantitative estimate of drug-likeness (QED) is 0.865. The molecule has 1 aliphatic heterocycles. The Labute approximate surface area is 123 Å². The summed E-state index contributed by atoms with van der Waals surface area (Å²) in [5.41, 5.74) is 1.31. The van der Waals surface area contributed by atoms with Gasteiger partial charge in [0.2, 0.25) is 5.91 Å². The number of rotatable bonds is 4. The SMILES string of the molecule is O=C1CSC(CCc2ccccc2)N1c1ccccn1. The lowest BCUT2D eigenvalue weighted by Crippen LogP contribution is -2.33. The minimum absolute atomic E-state index is 0.159. The van der Waals surface area contributed by atoms with Crippen molar-refractivity contribution in [3.63, 3.8) is 0 Å². The van der Waals surface area contributed by atoms with Crippen LogP contribution in [0.15, 0.2) is 54.7 Å². The highest BCUT2D eigenvalue weighted by Crippen LogP contribution is 2.32. The third kappa shape index (κ3) is 2.85. The van der Waals surface area contributed by atoms with Crippen molar-refractivity contribution < 1.29 is 4.79 Å². The van der Waals surface area contributed by atoms with E-state index in [-0.39, 0.29) is 11.3 Å². The van der Waals surface area contributed by atoms with Crippen molar-refractivity contribution >= 4 is 23.5 Å². The molecule has 1 saturated heterocycles. The fourth-order valence-electron chi connectivity index (χ4n) is 2.39. The van der Waals surface area contributed by atoms with E-state index in [0.29, 0.717) is 5.75 Å². The Morgan fingerprint density at radius 1 is 1.15 bits per heavy atom. The summed E-state index contributed by atoms with van der Waals surface area (Å²) >= 11 is 1.71. The van der Waals surface area contributed by atoms with Crippen LogP contribution in [0.3, 0.4) is 0 Å². The van der Waals surface area contributed by atoms with E-state index in [1.54, 1.807) is 18.0 Å². The van der Waals surface area contributed by atoms with Crippen LogP contribution < -0.4 is 4.90 Å². The molecule has 0 aliphatic carbocycles. The van der Waals surface area contributed by atoms with E-state index < -0.39 is 0 Å². The molecule has 102 valence electrons. The summed E-state index contributed by atoms with van der Waals surface area (Å²) in [5.74, 6) is 1.48. The Morgan fingerprint density at radius 3 is 2.70 bits per heavy atom. The van der Waals surface area contributed by atoms with Gasteiger partial charge in [-0.15, -0.1) is 11.8 Å². The zero-order valence-electron chi connectivity index (χ0n) is 11.1. The van der Waals surface area contributed by atoms with E-state index >= 15 is 0 Å². The van der Waals surface area contributed by atoms with Gasteiger partial charge in [0.15, 0.2) is 0 Å². The average molecular weight is 284 g/mol. The largest absolute Gasteiger partial charge is 0.283 e. The molecule has 0 N–H and O–H groups in total. The van der Waals surface area contributed by atoms with E-state index in [1.165, 1.54) is 5.56 Å². The van der Waals surface area contributed by atoms with Crippen molar-refractivity contribution in [2.45, 2.75) is 18.2 Å². The summed E-state index contributed by atoms with van der Waals surface area (Å²) in [7, 11) is 0. The van der Waals surface area contributed by atoms with E-state index in [2.05, 4.69) is 29.2 Å². The van der Waals surface area contributed by atoms with Gasteiger partial charge < -0.3 is 0 Å². The monoisotopic (exact) mass is 284 g/mol. The number of anilines is 1. The van der Waals surface area contributed by atoms with E-state index in [9.17, 15) is 4.79 Å². The van der Waals surface area contributed by atoms with Crippen LogP contribution in [0, 0.1) is 0 Å². The van der Waals surface area contributed by atoms with Crippen LogP contribution in [-0.4, -0.2) is 22.0 Å². The number of hydrogen-bond donors (Lipinski definition) is 0. The van der Waals surface area contributed by atoms with E-state index in [4.69, 9.17) is 0 Å². The van der Waals surface area contributed by atoms with Crippen molar-refractivity contribution in [3.05, 3.63) is 60.3 Å². The smallest absolute Gasteiger partial charge is 0.239 e. The van der Waals surface area contributed by atoms with Gasteiger partial charge in [0.1, 0.15) is 5.82 Å². The Kier molecular flexibility index (Phi) is 4.02. The van der Waals surface area contributed by atoms with Crippen molar-refractivity contribution in [1.82, 2.24) is 4.98 Å². The number of pyridine rings is 1. The minimum atomic E-state index is 0.159. The first-order chi connectivity index (χ1) is 9.84. The van der Waals surface area contributed by atoms with Crippen molar-refractivity contribution in [3.8, 4) is 0 Å². The molecule has 20 heavy (non-hydrogen) atoms. The molecule has 1 fully saturated rings. The predicted octanol–water partition coefficient (Wildman–Crippen LogP) is 3.12. The molecule has 3 nitrogen and oxygen atoms in total. The van der Waals surface area contributed by atoms with Gasteiger partial charge in [-0.05, 0) is 30.5 Å². The summed E-state index contributed by atoms with van der Waals surface area (Å²) in [6.45, 7) is 0. The molecule has 0 bridgehead atoms. The summed E-state index contributed by atoms with van der Waals surface area (Å²) in [6.07, 6.45) is 3.67. The summed E-state index contributed by atoms with van der Waals surface area (Å²) < 4.78 is 0. The fourth-order valence-corrected chi connectivity index (χ4v) is 3.52. The molecule has 1 aliphatic rings. The molecule has 0 spiro atoms. The van der Waals surface area contributed by atoms with E-state index in [0.717, 1.165) is 18.7 Å². The average Bonchev–Trinajstić information content (AvgIpc) is 2.88. The first kappa shape index (κ1) is 13.2. The van der Waals surface area contributed by atoms with Crippen LogP contribution in [0.1, 0.15) is 12.0 Å². The maximum absolute atomic E-state index is 12.1. The van der Waals surface area contributed by atoms with Crippen molar-refractivity contribution in [2.24, 2.45) is 0 Å². The summed E-state index contributed by atoms with van der Waals surface area (Å²) in [6, 6.07) is 16.1. The second-order valence-corrected chi connectivity index (χ2v) is 5.91. The topological polar surface area (TPSA) is 33.2 Å². The van der Waals surface area contributed by atoms with Crippen molar-refractivity contribution in [1.29, 1.82) is 0 Å². The molecule has 1 unspecified atom stereocenters. The maximum Gasteiger partial charge on any atom is 0.239 e. The second kappa shape index (κ2) is 6.09. The Bertz CT molecular complexity index is 574. The van der Waals surface area contributed by atoms with Crippen LogP contribution in [0.5, 0.6) is 0 Å². The van der Waals surface area contributed by atoms with Gasteiger partial charge >= 0.3 is 0 Å². The lowest BCUT2D eigenvalue weighted by atomic mass is 10.1. The van der Waals surface area contributed by atoms with Crippen molar-refractivity contribution in [2.75, 3.05) is 10.7 Å². The molecule has 2 heterocycles. The van der Waals surface area contributed by atoms with Gasteiger partial charge in [0.25, 0.3) is 0 Å². The summed E-state index contributed by atoms with van der Waals surface area (Å²) in [5, 5.41) is 0.192. The number of aromatic nitrogens is 1. The second-order valence-electron chi connectivity index (χ2n) is 4.74. The van der Waals surface area contributed by atoms with Crippen LogP contribution in [-0.2, 0) is 11.2 Å². The molecule has 0 radical (unpaired) electrons. The van der Waals surface area contributed by atoms with Gasteiger partial charge in [-0.25, -0.2) is 4.98 Å². The fraction of sp³-hybridized carbons (Fsp3) is 0.250. The standard InChI is InChI=1S/C16H16N2OS/c19-15-12-20-16(10-9-13-6-2-1-3-7-13)18(15)14-8-4-5-11-17-14/h1-8,11,16H,9-10,12H2. The molecule has 1 atom stereocenters. The van der Waals surface area contributed by atoms with Crippen LogP contribution >= 0.6 is 11.8 Å². The maximum atomic E-state index is 12.1. The molecular weight excluding hydrogens is 268 g/mol. The molecule has 4 heteroatoms. The third-order valence-electron chi connectivity index (χ3n) is 3.37. The third-order valence-corrected chi connectivity index (χ3v) is 4.62. The number of nitrogens with zero attached hydrogens (tertiary/aromatic N) is 2. The number of amides is 1. The first-order valence-electron chi connectivity index (χ1n) is 6.73. The minimum Gasteiger partial charge on any atom is -0.283 e. The zero-order chi connectivity index (χ0) is 13.8. The molecular formula is C16H16N2OS. The zero-order valence-corrected chi connectivity index (χ0v) is 11.9. The Balaban J connectivity index is 1.71. The lowest BCUT2D eigenvalue weighted by molar-refractivity contribution is -0.115. The summed E-state index contributed by atoms with van der Waals surface area (Å²) in [4.78, 5) is 18.2. The van der Waals surface area contributed by atoms with Crippen LogP contribution in [0.25, 0.3) is 0 Å². The highest BCUT2D eigenvalue weighted by molar-refractivity contribution is 8.01. The highest BCUT2D eigenvalue weighted by Gasteiger charge is 2.33. The molecule has 3 rings (SSSR count).